The molecular formula is C19H21N3O4S. The molecule has 27 heavy (non-hydrogen) atoms. The highest BCUT2D eigenvalue weighted by Gasteiger charge is 2.32. The van der Waals surface area contributed by atoms with Gasteiger partial charge in [-0.05, 0) is 36.8 Å². The fraction of sp³-hybridized carbons (Fsp3) is 0.316. The Labute approximate surface area is 161 Å². The fourth-order valence-electron chi connectivity index (χ4n) is 2.71. The van der Waals surface area contributed by atoms with E-state index in [0.717, 1.165) is 10.4 Å². The van der Waals surface area contributed by atoms with E-state index < -0.39 is 12.2 Å². The number of thiophene rings is 1. The number of carbonyl (C=O) groups excluding carboxylic acids is 3. The predicted molar refractivity (Wildman–Crippen MR) is 103 cm³/mol. The maximum absolute atomic E-state index is 12.1. The number of benzene rings is 1. The Morgan fingerprint density at radius 2 is 1.93 bits per heavy atom. The number of nitrogens with zero attached hydrogens (tertiary/aromatic N) is 1. The van der Waals surface area contributed by atoms with Gasteiger partial charge in [0.1, 0.15) is 6.10 Å². The second-order valence-corrected chi connectivity index (χ2v) is 7.60. The van der Waals surface area contributed by atoms with Crippen molar-refractivity contribution >= 4 is 34.9 Å². The number of cyclic esters (lactones) is 1. The van der Waals surface area contributed by atoms with E-state index in [0.29, 0.717) is 23.7 Å². The lowest BCUT2D eigenvalue weighted by Gasteiger charge is -2.14. The number of nitrogens with one attached hydrogen (secondary N) is 2. The molecule has 1 atom stereocenters. The van der Waals surface area contributed by atoms with Crippen LogP contribution in [0.1, 0.15) is 27.0 Å². The maximum Gasteiger partial charge on any atom is 0.414 e. The summed E-state index contributed by atoms with van der Waals surface area (Å²) in [5.41, 5.74) is 1.66. The van der Waals surface area contributed by atoms with Crippen LogP contribution < -0.4 is 15.5 Å². The Balaban J connectivity index is 1.54. The quantitative estimate of drug-likeness (QED) is 0.797. The van der Waals surface area contributed by atoms with Crippen LogP contribution in [0.3, 0.4) is 0 Å². The summed E-state index contributed by atoms with van der Waals surface area (Å²) in [5, 5.41) is 5.54. The molecule has 8 heteroatoms. The predicted octanol–water partition coefficient (Wildman–Crippen LogP) is 2.45. The van der Waals surface area contributed by atoms with Crippen LogP contribution in [0.25, 0.3) is 0 Å². The lowest BCUT2D eigenvalue weighted by atomic mass is 10.2. The molecule has 0 aliphatic carbocycles. The van der Waals surface area contributed by atoms with E-state index >= 15 is 0 Å². The van der Waals surface area contributed by atoms with Crippen molar-refractivity contribution in [1.29, 1.82) is 0 Å². The van der Waals surface area contributed by atoms with Crippen molar-refractivity contribution in [2.45, 2.75) is 26.5 Å². The Bertz CT molecular complexity index is 847. The largest absolute Gasteiger partial charge is 0.442 e. The molecule has 1 unspecified atom stereocenters. The fourth-order valence-corrected chi connectivity index (χ4v) is 3.49. The van der Waals surface area contributed by atoms with E-state index in [1.165, 1.54) is 23.2 Å². The molecule has 142 valence electrons. The third-order valence-corrected chi connectivity index (χ3v) is 5.12. The summed E-state index contributed by atoms with van der Waals surface area (Å²) in [6, 6.07) is 11.0. The van der Waals surface area contributed by atoms with Crippen LogP contribution in [0.4, 0.5) is 10.5 Å². The Hall–Kier alpha value is -2.87. The summed E-state index contributed by atoms with van der Waals surface area (Å²) < 4.78 is 5.35. The SMILES string of the molecule is CC(=O)NCc1ccc(N2CC(CNC(=O)c3ccc(C)s3)OC2=O)cc1. The summed E-state index contributed by atoms with van der Waals surface area (Å²) in [6.45, 7) is 4.48. The van der Waals surface area contributed by atoms with Crippen molar-refractivity contribution < 1.29 is 19.1 Å². The Morgan fingerprint density at radius 3 is 2.56 bits per heavy atom. The first-order valence-corrected chi connectivity index (χ1v) is 9.40. The molecule has 1 aliphatic rings. The maximum atomic E-state index is 12.1. The molecule has 1 aromatic heterocycles. The molecule has 0 spiro atoms. The first-order chi connectivity index (χ1) is 12.9. The number of rotatable bonds is 6. The second kappa shape index (κ2) is 8.22. The molecule has 1 aliphatic heterocycles. The monoisotopic (exact) mass is 387 g/mol. The molecule has 2 heterocycles. The van der Waals surface area contributed by atoms with Gasteiger partial charge in [0.2, 0.25) is 5.91 Å². The second-order valence-electron chi connectivity index (χ2n) is 6.31. The molecule has 0 radical (unpaired) electrons. The summed E-state index contributed by atoms with van der Waals surface area (Å²) in [4.78, 5) is 38.5. The lowest BCUT2D eigenvalue weighted by molar-refractivity contribution is -0.119. The van der Waals surface area contributed by atoms with E-state index in [1.807, 2.05) is 37.3 Å². The topological polar surface area (TPSA) is 87.7 Å². The van der Waals surface area contributed by atoms with Crippen LogP contribution in [0.15, 0.2) is 36.4 Å². The van der Waals surface area contributed by atoms with Crippen LogP contribution >= 0.6 is 11.3 Å². The lowest BCUT2D eigenvalue weighted by Crippen LogP contribution is -2.34. The zero-order valence-electron chi connectivity index (χ0n) is 15.2. The number of anilines is 1. The number of amides is 3. The van der Waals surface area contributed by atoms with Crippen LogP contribution in [0.5, 0.6) is 0 Å². The van der Waals surface area contributed by atoms with Crippen LogP contribution in [-0.4, -0.2) is 37.1 Å². The standard InChI is InChI=1S/C19H21N3O4S/c1-12-3-8-17(27-12)18(24)21-10-16-11-22(19(25)26-16)15-6-4-14(5-7-15)9-20-13(2)23/h3-8,16H,9-11H2,1-2H3,(H,20,23)(H,21,24). The first kappa shape index (κ1) is 18.9. The van der Waals surface area contributed by atoms with E-state index in [1.54, 1.807) is 6.07 Å². The summed E-state index contributed by atoms with van der Waals surface area (Å²) >= 11 is 1.43. The summed E-state index contributed by atoms with van der Waals surface area (Å²) in [6.07, 6.45) is -0.836. The molecular weight excluding hydrogens is 366 g/mol. The normalized spacial score (nSPS) is 16.1. The summed E-state index contributed by atoms with van der Waals surface area (Å²) in [7, 11) is 0. The molecule has 0 saturated carbocycles. The molecule has 3 rings (SSSR count). The van der Waals surface area contributed by atoms with Gasteiger partial charge in [0, 0.05) is 24.0 Å². The molecule has 0 bridgehead atoms. The summed E-state index contributed by atoms with van der Waals surface area (Å²) in [5.74, 6) is -0.255. The van der Waals surface area contributed by atoms with Gasteiger partial charge in [0.05, 0.1) is 18.0 Å². The minimum Gasteiger partial charge on any atom is -0.442 e. The van der Waals surface area contributed by atoms with Gasteiger partial charge in [-0.15, -0.1) is 11.3 Å². The van der Waals surface area contributed by atoms with Gasteiger partial charge < -0.3 is 15.4 Å². The van der Waals surface area contributed by atoms with Crippen LogP contribution in [-0.2, 0) is 16.1 Å². The number of ether oxygens (including phenoxy) is 1. The zero-order chi connectivity index (χ0) is 19.4. The minimum absolute atomic E-state index is 0.0928. The molecule has 2 aromatic rings. The average molecular weight is 387 g/mol. The molecule has 1 fully saturated rings. The number of hydrogen-bond acceptors (Lipinski definition) is 5. The van der Waals surface area contributed by atoms with Crippen molar-refractivity contribution in [2.24, 2.45) is 0 Å². The van der Waals surface area contributed by atoms with Crippen molar-refractivity contribution in [3.05, 3.63) is 51.7 Å². The molecule has 7 nitrogen and oxygen atoms in total. The molecule has 3 amide bonds. The Kier molecular flexibility index (Phi) is 5.75. The highest BCUT2D eigenvalue weighted by molar-refractivity contribution is 7.13. The third kappa shape index (κ3) is 4.85. The third-order valence-electron chi connectivity index (χ3n) is 4.12. The number of hydrogen-bond donors (Lipinski definition) is 2. The van der Waals surface area contributed by atoms with E-state index in [9.17, 15) is 14.4 Å². The molecule has 1 saturated heterocycles. The van der Waals surface area contributed by atoms with E-state index in [2.05, 4.69) is 10.6 Å². The van der Waals surface area contributed by atoms with Crippen molar-refractivity contribution in [1.82, 2.24) is 10.6 Å². The van der Waals surface area contributed by atoms with Gasteiger partial charge in [-0.3, -0.25) is 14.5 Å². The molecule has 1 aromatic carbocycles. The van der Waals surface area contributed by atoms with Crippen LogP contribution in [0, 0.1) is 6.92 Å². The highest BCUT2D eigenvalue weighted by atomic mass is 32.1. The number of carbonyl (C=O) groups is 3. The molecule has 2 N–H and O–H groups in total. The minimum atomic E-state index is -0.434. The van der Waals surface area contributed by atoms with Gasteiger partial charge in [0.15, 0.2) is 0 Å². The highest BCUT2D eigenvalue weighted by Crippen LogP contribution is 2.22. The van der Waals surface area contributed by atoms with Gasteiger partial charge in [-0.1, -0.05) is 12.1 Å². The van der Waals surface area contributed by atoms with Crippen molar-refractivity contribution in [3.63, 3.8) is 0 Å². The van der Waals surface area contributed by atoms with Gasteiger partial charge in [-0.25, -0.2) is 4.79 Å². The van der Waals surface area contributed by atoms with E-state index in [-0.39, 0.29) is 18.4 Å². The van der Waals surface area contributed by atoms with Gasteiger partial charge in [0.25, 0.3) is 5.91 Å². The average Bonchev–Trinajstić information content (AvgIpc) is 3.24. The van der Waals surface area contributed by atoms with Gasteiger partial charge >= 0.3 is 6.09 Å². The van der Waals surface area contributed by atoms with Crippen molar-refractivity contribution in [3.8, 4) is 0 Å². The van der Waals surface area contributed by atoms with Crippen LogP contribution in [0.2, 0.25) is 0 Å². The zero-order valence-corrected chi connectivity index (χ0v) is 16.0. The van der Waals surface area contributed by atoms with Gasteiger partial charge in [-0.2, -0.15) is 0 Å². The smallest absolute Gasteiger partial charge is 0.414 e. The van der Waals surface area contributed by atoms with E-state index in [4.69, 9.17) is 4.74 Å². The number of aryl methyl sites for hydroxylation is 1. The first-order valence-electron chi connectivity index (χ1n) is 8.58. The van der Waals surface area contributed by atoms with Crippen molar-refractivity contribution in [2.75, 3.05) is 18.0 Å². The Morgan fingerprint density at radius 1 is 1.19 bits per heavy atom.